The summed E-state index contributed by atoms with van der Waals surface area (Å²) in [6, 6.07) is 3.93. The SMILES string of the molecule is COC(=O)C1CCN(c2nc(-c3cccnc3)nc3sc4c(c23)CC[C@H](C)C4)CC1. The van der Waals surface area contributed by atoms with Crippen LogP contribution < -0.4 is 4.90 Å². The molecule has 7 heteroatoms. The lowest BCUT2D eigenvalue weighted by Gasteiger charge is -2.32. The summed E-state index contributed by atoms with van der Waals surface area (Å²) >= 11 is 1.83. The van der Waals surface area contributed by atoms with E-state index in [0.717, 1.165) is 66.7 Å². The quantitative estimate of drug-likeness (QED) is 0.587. The van der Waals surface area contributed by atoms with Crippen LogP contribution in [-0.2, 0) is 22.4 Å². The van der Waals surface area contributed by atoms with Crippen molar-refractivity contribution in [3.8, 4) is 11.4 Å². The Morgan fingerprint density at radius 2 is 2.07 bits per heavy atom. The fourth-order valence-corrected chi connectivity index (χ4v) is 6.05. The molecule has 0 bridgehead atoms. The third kappa shape index (κ3) is 3.45. The molecule has 0 aromatic carbocycles. The molecule has 2 aliphatic rings. The number of carbonyl (C=O) groups is 1. The van der Waals surface area contributed by atoms with E-state index in [0.29, 0.717) is 0 Å². The van der Waals surface area contributed by atoms with E-state index in [9.17, 15) is 4.79 Å². The fourth-order valence-electron chi connectivity index (χ4n) is 4.67. The lowest BCUT2D eigenvalue weighted by Crippen LogP contribution is -2.37. The van der Waals surface area contributed by atoms with E-state index in [2.05, 4.69) is 16.8 Å². The molecule has 4 heterocycles. The number of thiophene rings is 1. The molecule has 5 rings (SSSR count). The smallest absolute Gasteiger partial charge is 0.308 e. The second kappa shape index (κ2) is 7.95. The number of ether oxygens (including phenoxy) is 1. The van der Waals surface area contributed by atoms with E-state index in [-0.39, 0.29) is 11.9 Å². The molecule has 0 unspecified atom stereocenters. The van der Waals surface area contributed by atoms with Crippen LogP contribution in [0.2, 0.25) is 0 Å². The van der Waals surface area contributed by atoms with Gasteiger partial charge in [0.05, 0.1) is 18.4 Å². The molecule has 0 spiro atoms. The van der Waals surface area contributed by atoms with Crippen molar-refractivity contribution in [1.82, 2.24) is 15.0 Å². The average molecular weight is 423 g/mol. The first-order chi connectivity index (χ1) is 14.6. The Kier molecular flexibility index (Phi) is 5.15. The molecule has 1 saturated heterocycles. The number of pyridine rings is 1. The number of aryl methyl sites for hydroxylation is 1. The molecule has 3 aromatic rings. The van der Waals surface area contributed by atoms with E-state index in [1.807, 2.05) is 29.7 Å². The van der Waals surface area contributed by atoms with Crippen LogP contribution in [0.5, 0.6) is 0 Å². The first-order valence-electron chi connectivity index (χ1n) is 10.7. The van der Waals surface area contributed by atoms with Crippen molar-refractivity contribution in [2.75, 3.05) is 25.1 Å². The highest BCUT2D eigenvalue weighted by atomic mass is 32.1. The highest BCUT2D eigenvalue weighted by molar-refractivity contribution is 7.19. The Bertz CT molecular complexity index is 1070. The normalized spacial score (nSPS) is 19.7. The number of rotatable bonds is 3. The van der Waals surface area contributed by atoms with Gasteiger partial charge in [0.25, 0.3) is 0 Å². The summed E-state index contributed by atoms with van der Waals surface area (Å²) in [6.07, 6.45) is 8.62. The Balaban J connectivity index is 1.59. The van der Waals surface area contributed by atoms with Crippen LogP contribution in [0.15, 0.2) is 24.5 Å². The first kappa shape index (κ1) is 19.4. The number of anilines is 1. The Hall–Kier alpha value is -2.54. The number of hydrogen-bond donors (Lipinski definition) is 0. The van der Waals surface area contributed by atoms with Crippen molar-refractivity contribution in [2.45, 2.75) is 39.0 Å². The Morgan fingerprint density at radius 1 is 1.23 bits per heavy atom. The Labute approximate surface area is 180 Å². The first-order valence-corrected chi connectivity index (χ1v) is 11.5. The number of aromatic nitrogens is 3. The molecular weight excluding hydrogens is 396 g/mol. The van der Waals surface area contributed by atoms with Crippen molar-refractivity contribution in [3.05, 3.63) is 35.0 Å². The highest BCUT2D eigenvalue weighted by Crippen LogP contribution is 2.42. The summed E-state index contributed by atoms with van der Waals surface area (Å²) in [4.78, 5) is 31.1. The zero-order valence-electron chi connectivity index (χ0n) is 17.4. The van der Waals surface area contributed by atoms with Crippen molar-refractivity contribution in [3.63, 3.8) is 0 Å². The second-order valence-corrected chi connectivity index (χ2v) is 9.51. The van der Waals surface area contributed by atoms with Crippen LogP contribution in [0.3, 0.4) is 0 Å². The van der Waals surface area contributed by atoms with Gasteiger partial charge >= 0.3 is 5.97 Å². The molecule has 1 atom stereocenters. The zero-order valence-corrected chi connectivity index (χ0v) is 18.2. The van der Waals surface area contributed by atoms with Gasteiger partial charge in [0.2, 0.25) is 0 Å². The molecule has 6 nitrogen and oxygen atoms in total. The van der Waals surface area contributed by atoms with Gasteiger partial charge in [-0.2, -0.15) is 0 Å². The number of nitrogens with zero attached hydrogens (tertiary/aromatic N) is 4. The number of carbonyl (C=O) groups excluding carboxylic acids is 1. The lowest BCUT2D eigenvalue weighted by molar-refractivity contribution is -0.146. The lowest BCUT2D eigenvalue weighted by atomic mass is 9.89. The van der Waals surface area contributed by atoms with Gasteiger partial charge in [-0.3, -0.25) is 9.78 Å². The van der Waals surface area contributed by atoms with Gasteiger partial charge in [0.1, 0.15) is 10.6 Å². The Morgan fingerprint density at radius 3 is 2.80 bits per heavy atom. The summed E-state index contributed by atoms with van der Waals surface area (Å²) in [5.41, 5.74) is 2.38. The minimum absolute atomic E-state index is 0.0152. The maximum Gasteiger partial charge on any atom is 0.308 e. The molecule has 156 valence electrons. The predicted octanol–water partition coefficient (Wildman–Crippen LogP) is 4.27. The minimum atomic E-state index is -0.0968. The molecule has 1 aliphatic carbocycles. The molecule has 30 heavy (non-hydrogen) atoms. The summed E-state index contributed by atoms with van der Waals surface area (Å²) in [6.45, 7) is 3.94. The third-order valence-corrected chi connectivity index (χ3v) is 7.53. The average Bonchev–Trinajstić information content (AvgIpc) is 3.16. The van der Waals surface area contributed by atoms with Gasteiger partial charge in [0.15, 0.2) is 5.82 Å². The highest BCUT2D eigenvalue weighted by Gasteiger charge is 2.30. The number of esters is 1. The number of hydrogen-bond acceptors (Lipinski definition) is 7. The van der Waals surface area contributed by atoms with E-state index in [4.69, 9.17) is 14.7 Å². The maximum absolute atomic E-state index is 12.0. The molecule has 0 radical (unpaired) electrons. The predicted molar refractivity (Wildman–Crippen MR) is 119 cm³/mol. The molecular formula is C23H26N4O2S. The van der Waals surface area contributed by atoms with E-state index in [1.165, 1.54) is 29.4 Å². The van der Waals surface area contributed by atoms with E-state index < -0.39 is 0 Å². The van der Waals surface area contributed by atoms with E-state index >= 15 is 0 Å². The van der Waals surface area contributed by atoms with Crippen molar-refractivity contribution in [1.29, 1.82) is 0 Å². The van der Waals surface area contributed by atoms with Gasteiger partial charge in [-0.25, -0.2) is 9.97 Å². The van der Waals surface area contributed by atoms with E-state index in [1.54, 1.807) is 6.20 Å². The van der Waals surface area contributed by atoms with Crippen molar-refractivity contribution in [2.24, 2.45) is 11.8 Å². The molecule has 0 saturated carbocycles. The largest absolute Gasteiger partial charge is 0.469 e. The molecule has 3 aromatic heterocycles. The number of piperidine rings is 1. The standard InChI is InChI=1S/C23H26N4O2S/c1-14-5-6-17-18(12-14)30-22-19(17)21(25-20(26-22)16-4-3-9-24-13-16)27-10-7-15(8-11-27)23(28)29-2/h3-4,9,13-15H,5-8,10-12H2,1-2H3/t14-/m0/s1. The van der Waals surface area contributed by atoms with Crippen molar-refractivity contribution >= 4 is 33.3 Å². The van der Waals surface area contributed by atoms with Gasteiger partial charge in [-0.1, -0.05) is 6.92 Å². The van der Waals surface area contributed by atoms with Gasteiger partial charge in [-0.05, 0) is 55.7 Å². The van der Waals surface area contributed by atoms with Crippen LogP contribution in [0, 0.1) is 11.8 Å². The summed E-state index contributed by atoms with van der Waals surface area (Å²) in [7, 11) is 1.47. The summed E-state index contributed by atoms with van der Waals surface area (Å²) in [5.74, 6) is 2.36. The summed E-state index contributed by atoms with van der Waals surface area (Å²) < 4.78 is 4.96. The zero-order chi connectivity index (χ0) is 20.7. The third-order valence-electron chi connectivity index (χ3n) is 6.38. The minimum Gasteiger partial charge on any atom is -0.469 e. The second-order valence-electron chi connectivity index (χ2n) is 8.43. The van der Waals surface area contributed by atoms with Gasteiger partial charge in [-0.15, -0.1) is 11.3 Å². The van der Waals surface area contributed by atoms with Crippen LogP contribution >= 0.6 is 11.3 Å². The summed E-state index contributed by atoms with van der Waals surface area (Å²) in [5, 5.41) is 1.23. The molecule has 0 N–H and O–H groups in total. The number of methoxy groups -OCH3 is 1. The van der Waals surface area contributed by atoms with Crippen LogP contribution in [0.25, 0.3) is 21.6 Å². The fraction of sp³-hybridized carbons (Fsp3) is 0.478. The van der Waals surface area contributed by atoms with Crippen LogP contribution in [-0.4, -0.2) is 41.1 Å². The van der Waals surface area contributed by atoms with Crippen molar-refractivity contribution < 1.29 is 9.53 Å². The monoisotopic (exact) mass is 422 g/mol. The molecule has 0 amide bonds. The van der Waals surface area contributed by atoms with Crippen LogP contribution in [0.4, 0.5) is 5.82 Å². The molecule has 1 fully saturated rings. The van der Waals surface area contributed by atoms with Gasteiger partial charge < -0.3 is 9.64 Å². The number of fused-ring (bicyclic) bond motifs is 3. The topological polar surface area (TPSA) is 68.2 Å². The molecule has 1 aliphatic heterocycles. The maximum atomic E-state index is 12.0. The van der Waals surface area contributed by atoms with Gasteiger partial charge in [0, 0.05) is 35.9 Å². The van der Waals surface area contributed by atoms with Crippen LogP contribution in [0.1, 0.15) is 36.6 Å².